The number of esters is 4. The molecule has 3 N–H and O–H groups in total. The molecule has 0 amide bonds. The fraction of sp³-hybridized carbons (Fsp3) is 0.944. The summed E-state index contributed by atoms with van der Waals surface area (Å²) in [5, 5.41) is 10.6. The molecule has 0 heterocycles. The number of rotatable bonds is 70. The molecule has 19 heteroatoms. The van der Waals surface area contributed by atoms with Gasteiger partial charge >= 0.3 is 39.5 Å². The Bertz CT molecular complexity index is 1750. The van der Waals surface area contributed by atoms with Crippen molar-refractivity contribution >= 4 is 39.5 Å². The van der Waals surface area contributed by atoms with E-state index in [9.17, 15) is 43.2 Å². The summed E-state index contributed by atoms with van der Waals surface area (Å²) in [6.45, 7) is 9.48. The van der Waals surface area contributed by atoms with Crippen molar-refractivity contribution in [2.24, 2.45) is 11.8 Å². The van der Waals surface area contributed by atoms with Crippen LogP contribution in [0.4, 0.5) is 0 Å². The highest BCUT2D eigenvalue weighted by molar-refractivity contribution is 7.47. The Kier molecular flexibility index (Phi) is 61.8. The Labute approximate surface area is 549 Å². The fourth-order valence-corrected chi connectivity index (χ4v) is 12.3. The molecule has 0 fully saturated rings. The molecule has 0 radical (unpaired) electrons. The summed E-state index contributed by atoms with van der Waals surface area (Å²) >= 11 is 0. The summed E-state index contributed by atoms with van der Waals surface area (Å²) in [4.78, 5) is 72.3. The molecule has 6 atom stereocenters. The Balaban J connectivity index is 5.16. The van der Waals surface area contributed by atoms with Gasteiger partial charge in [0.05, 0.1) is 26.4 Å². The van der Waals surface area contributed by atoms with Crippen LogP contribution in [0.15, 0.2) is 0 Å². The van der Waals surface area contributed by atoms with Gasteiger partial charge in [-0.25, -0.2) is 9.13 Å². The summed E-state index contributed by atoms with van der Waals surface area (Å²) in [5.74, 6) is -0.570. The second-order valence-corrected chi connectivity index (χ2v) is 29.3. The van der Waals surface area contributed by atoms with Gasteiger partial charge < -0.3 is 33.8 Å². The number of hydrogen-bond acceptors (Lipinski definition) is 15. The minimum atomic E-state index is -4.95. The van der Waals surface area contributed by atoms with Crippen LogP contribution in [0.5, 0.6) is 0 Å². The topological polar surface area (TPSA) is 237 Å². The zero-order valence-corrected chi connectivity index (χ0v) is 60.2. The number of aliphatic hydroxyl groups excluding tert-OH is 1. The maximum atomic E-state index is 13.0. The smallest absolute Gasteiger partial charge is 0.462 e. The summed E-state index contributed by atoms with van der Waals surface area (Å²) < 4.78 is 68.1. The highest BCUT2D eigenvalue weighted by atomic mass is 31.2. The molecule has 0 spiro atoms. The van der Waals surface area contributed by atoms with E-state index in [1.165, 1.54) is 173 Å². The lowest BCUT2D eigenvalue weighted by molar-refractivity contribution is -0.161. The van der Waals surface area contributed by atoms with Crippen LogP contribution >= 0.6 is 15.6 Å². The largest absolute Gasteiger partial charge is 0.472 e. The standard InChI is InChI=1S/C71H138O17P2/c1-7-10-12-14-15-16-17-18-19-20-24-27-30-36-42-48-54-69(74)82-60-67(88-70(75)55-49-43-37-31-28-25-22-21-23-26-29-35-41-46-52-64(6)9-3)62-86-90(79,80)84-58-65(72)57-83-89(77,78)85-61-66(59-81-68(73)53-47-39-13-11-8-2)87-71(76)56-50-44-38-33-32-34-40-45-51-63(4)5/h63-67,72H,7-62H2,1-6H3,(H,77,78)(H,79,80)/t64?,65-,66+,67+/m0/s1. The number of carbonyl (C=O) groups excluding carboxylic acids is 4. The summed E-state index contributed by atoms with van der Waals surface area (Å²) in [7, 11) is -9.89. The van der Waals surface area contributed by atoms with Crippen LogP contribution in [0.3, 0.4) is 0 Å². The van der Waals surface area contributed by atoms with Crippen LogP contribution in [0.2, 0.25) is 0 Å². The first-order valence-electron chi connectivity index (χ1n) is 37.0. The molecule has 0 aliphatic rings. The van der Waals surface area contributed by atoms with Gasteiger partial charge in [0.15, 0.2) is 12.2 Å². The van der Waals surface area contributed by atoms with E-state index in [0.29, 0.717) is 25.7 Å². The van der Waals surface area contributed by atoms with E-state index in [1.54, 1.807) is 0 Å². The summed E-state index contributed by atoms with van der Waals surface area (Å²) in [6.07, 6.45) is 49.0. The van der Waals surface area contributed by atoms with Crippen LogP contribution in [-0.4, -0.2) is 96.7 Å². The van der Waals surface area contributed by atoms with Crippen LogP contribution in [0, 0.1) is 11.8 Å². The fourth-order valence-electron chi connectivity index (χ4n) is 10.7. The average Bonchev–Trinajstić information content (AvgIpc) is 1.88. The number of hydrogen-bond donors (Lipinski definition) is 3. The van der Waals surface area contributed by atoms with Crippen molar-refractivity contribution in [2.45, 2.75) is 381 Å². The van der Waals surface area contributed by atoms with Gasteiger partial charge in [0.1, 0.15) is 19.3 Å². The third-order valence-corrected chi connectivity index (χ3v) is 18.7. The van der Waals surface area contributed by atoms with Crippen molar-refractivity contribution in [3.05, 3.63) is 0 Å². The number of phosphoric acid groups is 2. The number of carbonyl (C=O) groups is 4. The maximum Gasteiger partial charge on any atom is 0.472 e. The molecule has 0 aromatic carbocycles. The maximum absolute atomic E-state index is 13.0. The molecule has 0 aromatic rings. The third kappa shape index (κ3) is 63.5. The van der Waals surface area contributed by atoms with Gasteiger partial charge in [0.25, 0.3) is 0 Å². The number of unbranched alkanes of at least 4 members (excludes halogenated alkanes) is 39. The van der Waals surface area contributed by atoms with Crippen molar-refractivity contribution < 1.29 is 80.2 Å². The molecule has 534 valence electrons. The molecule has 0 aliphatic carbocycles. The first-order valence-corrected chi connectivity index (χ1v) is 40.0. The second kappa shape index (κ2) is 63.1. The van der Waals surface area contributed by atoms with Gasteiger partial charge in [-0.05, 0) is 37.5 Å². The zero-order valence-electron chi connectivity index (χ0n) is 58.4. The van der Waals surface area contributed by atoms with Crippen LogP contribution < -0.4 is 0 Å². The van der Waals surface area contributed by atoms with E-state index in [4.69, 9.17) is 37.0 Å². The number of phosphoric ester groups is 2. The van der Waals surface area contributed by atoms with E-state index in [-0.39, 0.29) is 25.7 Å². The second-order valence-electron chi connectivity index (χ2n) is 26.3. The molecule has 0 rings (SSSR count). The summed E-state index contributed by atoms with van der Waals surface area (Å²) in [6, 6.07) is 0. The first-order chi connectivity index (χ1) is 43.4. The van der Waals surface area contributed by atoms with Crippen molar-refractivity contribution in [1.82, 2.24) is 0 Å². The average molecular weight is 1330 g/mol. The lowest BCUT2D eigenvalue weighted by atomic mass is 9.99. The van der Waals surface area contributed by atoms with Gasteiger partial charge in [0, 0.05) is 25.7 Å². The molecule has 0 saturated heterocycles. The molecule has 0 bridgehead atoms. The third-order valence-electron chi connectivity index (χ3n) is 16.8. The van der Waals surface area contributed by atoms with Crippen LogP contribution in [0.1, 0.15) is 363 Å². The number of ether oxygens (including phenoxy) is 4. The Morgan fingerprint density at radius 1 is 0.322 bits per heavy atom. The van der Waals surface area contributed by atoms with Crippen molar-refractivity contribution in [3.8, 4) is 0 Å². The van der Waals surface area contributed by atoms with E-state index in [0.717, 1.165) is 108 Å². The lowest BCUT2D eigenvalue weighted by Gasteiger charge is -2.21. The van der Waals surface area contributed by atoms with Crippen molar-refractivity contribution in [1.29, 1.82) is 0 Å². The first kappa shape index (κ1) is 88.1. The van der Waals surface area contributed by atoms with Crippen LogP contribution in [0.25, 0.3) is 0 Å². The quantitative estimate of drug-likeness (QED) is 0.0222. The van der Waals surface area contributed by atoms with Gasteiger partial charge in [-0.3, -0.25) is 37.3 Å². The van der Waals surface area contributed by atoms with Gasteiger partial charge in [-0.15, -0.1) is 0 Å². The molecule has 3 unspecified atom stereocenters. The summed E-state index contributed by atoms with van der Waals surface area (Å²) in [5.41, 5.74) is 0. The highest BCUT2D eigenvalue weighted by Crippen LogP contribution is 2.45. The number of aliphatic hydroxyl groups is 1. The highest BCUT2D eigenvalue weighted by Gasteiger charge is 2.30. The van der Waals surface area contributed by atoms with Gasteiger partial charge in [-0.2, -0.15) is 0 Å². The Morgan fingerprint density at radius 3 is 0.844 bits per heavy atom. The lowest BCUT2D eigenvalue weighted by Crippen LogP contribution is -2.30. The monoisotopic (exact) mass is 1320 g/mol. The molecular formula is C71H138O17P2. The molecule has 0 saturated carbocycles. The minimum Gasteiger partial charge on any atom is -0.462 e. The molecule has 0 aromatic heterocycles. The van der Waals surface area contributed by atoms with Gasteiger partial charge in [-0.1, -0.05) is 311 Å². The van der Waals surface area contributed by atoms with Crippen molar-refractivity contribution in [2.75, 3.05) is 39.6 Å². The Morgan fingerprint density at radius 2 is 0.567 bits per heavy atom. The predicted octanol–water partition coefficient (Wildman–Crippen LogP) is 20.4. The SMILES string of the molecule is CCCCCCCCCCCCCCCCCCC(=O)OC[C@H](COP(=O)(O)OC[C@@H](O)COP(=O)(O)OC[C@@H](COC(=O)CCCCCCC)OC(=O)CCCCCCCCCCC(C)C)OC(=O)CCCCCCCCCCCCCCCCC(C)CC. The minimum absolute atomic E-state index is 0.104. The molecule has 0 aliphatic heterocycles. The molecule has 17 nitrogen and oxygen atoms in total. The molecule has 90 heavy (non-hydrogen) atoms. The van der Waals surface area contributed by atoms with Crippen LogP contribution in [-0.2, 0) is 65.4 Å². The molecular weight excluding hydrogens is 1190 g/mol. The Hall–Kier alpha value is -1.94. The zero-order chi connectivity index (χ0) is 66.5. The van der Waals surface area contributed by atoms with E-state index >= 15 is 0 Å². The predicted molar refractivity (Wildman–Crippen MR) is 363 cm³/mol. The van der Waals surface area contributed by atoms with Gasteiger partial charge in [0.2, 0.25) is 0 Å². The normalized spacial score (nSPS) is 14.4. The van der Waals surface area contributed by atoms with E-state index in [2.05, 4.69) is 41.5 Å². The van der Waals surface area contributed by atoms with E-state index < -0.39 is 97.5 Å². The van der Waals surface area contributed by atoms with E-state index in [1.807, 2.05) is 0 Å². The van der Waals surface area contributed by atoms with Crippen molar-refractivity contribution in [3.63, 3.8) is 0 Å².